The second kappa shape index (κ2) is 6.86. The molecule has 26 heavy (non-hydrogen) atoms. The molecule has 1 amide bonds. The molecule has 0 unspecified atom stereocenters. The third kappa shape index (κ3) is 3.07. The van der Waals surface area contributed by atoms with Crippen LogP contribution in [-0.4, -0.2) is 53.4 Å². The summed E-state index contributed by atoms with van der Waals surface area (Å²) in [7, 11) is 0. The number of nitrogens with zero attached hydrogens (tertiary/aromatic N) is 6. The summed E-state index contributed by atoms with van der Waals surface area (Å²) in [4.78, 5) is 30.9. The van der Waals surface area contributed by atoms with Crippen molar-refractivity contribution < 1.29 is 4.79 Å². The highest BCUT2D eigenvalue weighted by molar-refractivity contribution is 5.76. The number of likely N-dealkylation sites (tertiary alicyclic amines) is 1. The molecule has 0 saturated carbocycles. The minimum Gasteiger partial charge on any atom is -0.348 e. The molecule has 0 aromatic carbocycles. The van der Waals surface area contributed by atoms with Crippen molar-refractivity contribution in [1.82, 2.24) is 34.4 Å². The van der Waals surface area contributed by atoms with Gasteiger partial charge in [0.15, 0.2) is 0 Å². The predicted molar refractivity (Wildman–Crippen MR) is 95.7 cm³/mol. The number of rotatable bonds is 4. The minimum atomic E-state index is 0.193. The lowest BCUT2D eigenvalue weighted by Crippen LogP contribution is -2.39. The van der Waals surface area contributed by atoms with E-state index in [9.17, 15) is 4.79 Å². The van der Waals surface area contributed by atoms with E-state index in [0.717, 1.165) is 48.7 Å². The van der Waals surface area contributed by atoms with Gasteiger partial charge in [-0.2, -0.15) is 10.1 Å². The highest BCUT2D eigenvalue weighted by Gasteiger charge is 2.26. The quantitative estimate of drug-likeness (QED) is 0.772. The molecular weight excluding hydrogens is 330 g/mol. The van der Waals surface area contributed by atoms with Crippen molar-refractivity contribution in [2.24, 2.45) is 0 Å². The fourth-order valence-electron chi connectivity index (χ4n) is 3.83. The summed E-state index contributed by atoms with van der Waals surface area (Å²) in [6.45, 7) is 5.54. The van der Waals surface area contributed by atoms with E-state index in [-0.39, 0.29) is 5.91 Å². The minimum absolute atomic E-state index is 0.193. The molecule has 1 aliphatic heterocycles. The Balaban J connectivity index is 1.44. The Morgan fingerprint density at radius 1 is 1.35 bits per heavy atom. The fraction of sp³-hybridized carbons (Fsp3) is 0.500. The van der Waals surface area contributed by atoms with Crippen LogP contribution in [0, 0.1) is 13.8 Å². The van der Waals surface area contributed by atoms with Crippen molar-refractivity contribution in [2.75, 3.05) is 13.1 Å². The molecule has 1 saturated heterocycles. The molecule has 3 aromatic heterocycles. The zero-order chi connectivity index (χ0) is 18.1. The Morgan fingerprint density at radius 3 is 3.04 bits per heavy atom. The van der Waals surface area contributed by atoms with Gasteiger partial charge in [-0.25, -0.2) is 14.5 Å². The topological polar surface area (TPSA) is 92.1 Å². The Morgan fingerprint density at radius 2 is 2.23 bits per heavy atom. The van der Waals surface area contributed by atoms with E-state index in [4.69, 9.17) is 0 Å². The van der Waals surface area contributed by atoms with Crippen LogP contribution in [0.5, 0.6) is 0 Å². The second-order valence-corrected chi connectivity index (χ2v) is 6.89. The number of H-pyrrole nitrogens is 1. The largest absolute Gasteiger partial charge is 0.348 e. The summed E-state index contributed by atoms with van der Waals surface area (Å²) in [5, 5.41) is 4.21. The van der Waals surface area contributed by atoms with Gasteiger partial charge in [-0.15, -0.1) is 0 Å². The SMILES string of the molecule is Cc1nc2ncnn2c(C)c1CCC(=O)N1CCC[C@H](c2ncc[nH]2)C1. The maximum absolute atomic E-state index is 12.8. The molecule has 1 N–H and O–H groups in total. The molecule has 136 valence electrons. The van der Waals surface area contributed by atoms with Gasteiger partial charge in [-0.05, 0) is 38.7 Å². The number of aryl methyl sites for hydroxylation is 2. The first-order chi connectivity index (χ1) is 12.6. The molecule has 1 fully saturated rings. The van der Waals surface area contributed by atoms with Crippen LogP contribution in [-0.2, 0) is 11.2 Å². The van der Waals surface area contributed by atoms with Crippen LogP contribution in [0.15, 0.2) is 18.7 Å². The van der Waals surface area contributed by atoms with Crippen LogP contribution in [0.25, 0.3) is 5.78 Å². The number of hydrogen-bond donors (Lipinski definition) is 1. The first kappa shape index (κ1) is 16.7. The van der Waals surface area contributed by atoms with Crippen molar-refractivity contribution in [3.8, 4) is 0 Å². The first-order valence-corrected chi connectivity index (χ1v) is 9.06. The molecule has 0 aliphatic carbocycles. The summed E-state index contributed by atoms with van der Waals surface area (Å²) in [6, 6.07) is 0. The lowest BCUT2D eigenvalue weighted by molar-refractivity contribution is -0.132. The predicted octanol–water partition coefficient (Wildman–Crippen LogP) is 1.80. The first-order valence-electron chi connectivity index (χ1n) is 9.06. The van der Waals surface area contributed by atoms with Gasteiger partial charge in [-0.3, -0.25) is 4.79 Å². The number of carbonyl (C=O) groups is 1. The third-order valence-electron chi connectivity index (χ3n) is 5.26. The van der Waals surface area contributed by atoms with E-state index in [2.05, 4.69) is 25.0 Å². The summed E-state index contributed by atoms with van der Waals surface area (Å²) >= 11 is 0. The molecule has 8 nitrogen and oxygen atoms in total. The molecular formula is C18H23N7O. The zero-order valence-corrected chi connectivity index (χ0v) is 15.1. The lowest BCUT2D eigenvalue weighted by atomic mass is 9.96. The lowest BCUT2D eigenvalue weighted by Gasteiger charge is -2.32. The van der Waals surface area contributed by atoms with E-state index in [1.54, 1.807) is 10.7 Å². The van der Waals surface area contributed by atoms with E-state index in [1.807, 2.05) is 24.9 Å². The number of fused-ring (bicyclic) bond motifs is 1. The van der Waals surface area contributed by atoms with E-state index in [1.165, 1.54) is 6.33 Å². The number of hydrogen-bond acceptors (Lipinski definition) is 5. The molecule has 0 radical (unpaired) electrons. The van der Waals surface area contributed by atoms with Gasteiger partial charge in [0.25, 0.3) is 5.78 Å². The molecule has 1 aliphatic rings. The van der Waals surface area contributed by atoms with Gasteiger partial charge in [0.2, 0.25) is 5.91 Å². The number of piperidine rings is 1. The van der Waals surface area contributed by atoms with E-state index in [0.29, 0.717) is 24.5 Å². The Hall–Kier alpha value is -2.77. The van der Waals surface area contributed by atoms with Crippen LogP contribution >= 0.6 is 0 Å². The van der Waals surface area contributed by atoms with Gasteiger partial charge < -0.3 is 9.88 Å². The van der Waals surface area contributed by atoms with Crippen LogP contribution in [0.4, 0.5) is 0 Å². The van der Waals surface area contributed by atoms with Crippen LogP contribution in [0.1, 0.15) is 48.0 Å². The third-order valence-corrected chi connectivity index (χ3v) is 5.26. The number of amides is 1. The van der Waals surface area contributed by atoms with Gasteiger partial charge in [-0.1, -0.05) is 0 Å². The summed E-state index contributed by atoms with van der Waals surface area (Å²) in [5.74, 6) is 2.08. The van der Waals surface area contributed by atoms with Gasteiger partial charge in [0.1, 0.15) is 12.2 Å². The van der Waals surface area contributed by atoms with Crippen molar-refractivity contribution in [1.29, 1.82) is 0 Å². The average molecular weight is 353 g/mol. The molecule has 3 aromatic rings. The molecule has 4 rings (SSSR count). The number of aromatic amines is 1. The zero-order valence-electron chi connectivity index (χ0n) is 15.1. The average Bonchev–Trinajstić information content (AvgIpc) is 3.33. The van der Waals surface area contributed by atoms with Crippen molar-refractivity contribution in [3.05, 3.63) is 41.5 Å². The molecule has 0 bridgehead atoms. The fourth-order valence-corrected chi connectivity index (χ4v) is 3.83. The number of aromatic nitrogens is 6. The van der Waals surface area contributed by atoms with Gasteiger partial charge in [0, 0.05) is 49.2 Å². The van der Waals surface area contributed by atoms with Crippen molar-refractivity contribution >= 4 is 11.7 Å². The van der Waals surface area contributed by atoms with Crippen LogP contribution in [0.2, 0.25) is 0 Å². The number of carbonyl (C=O) groups excluding carboxylic acids is 1. The molecule has 0 spiro atoms. The Labute approximate surface area is 151 Å². The molecule has 8 heteroatoms. The standard InChI is InChI=1S/C18H23N7O/c1-12-15(13(2)25-18(23-12)21-11-22-25)5-6-16(26)24-9-3-4-14(10-24)17-19-7-8-20-17/h7-8,11,14H,3-6,9-10H2,1-2H3,(H,19,20)/t14-/m0/s1. The highest BCUT2D eigenvalue weighted by Crippen LogP contribution is 2.25. The van der Waals surface area contributed by atoms with Crippen molar-refractivity contribution in [3.63, 3.8) is 0 Å². The number of nitrogens with one attached hydrogen (secondary N) is 1. The number of imidazole rings is 1. The Bertz CT molecular complexity index is 915. The van der Waals surface area contributed by atoms with Crippen LogP contribution < -0.4 is 0 Å². The normalized spacial score (nSPS) is 17.8. The monoisotopic (exact) mass is 353 g/mol. The Kier molecular flexibility index (Phi) is 4.40. The molecule has 1 atom stereocenters. The van der Waals surface area contributed by atoms with E-state index < -0.39 is 0 Å². The second-order valence-electron chi connectivity index (χ2n) is 6.89. The van der Waals surface area contributed by atoms with Crippen LogP contribution in [0.3, 0.4) is 0 Å². The van der Waals surface area contributed by atoms with Gasteiger partial charge >= 0.3 is 0 Å². The molecule has 4 heterocycles. The van der Waals surface area contributed by atoms with Crippen molar-refractivity contribution in [2.45, 2.75) is 45.4 Å². The van der Waals surface area contributed by atoms with E-state index >= 15 is 0 Å². The maximum Gasteiger partial charge on any atom is 0.252 e. The highest BCUT2D eigenvalue weighted by atomic mass is 16.2. The maximum atomic E-state index is 12.8. The summed E-state index contributed by atoms with van der Waals surface area (Å²) in [5.41, 5.74) is 3.00. The summed E-state index contributed by atoms with van der Waals surface area (Å²) in [6.07, 6.45) is 8.36. The summed E-state index contributed by atoms with van der Waals surface area (Å²) < 4.78 is 1.74. The smallest absolute Gasteiger partial charge is 0.252 e. The van der Waals surface area contributed by atoms with Gasteiger partial charge in [0.05, 0.1) is 0 Å².